The van der Waals surface area contributed by atoms with E-state index in [-0.39, 0.29) is 31.4 Å². The minimum atomic E-state index is -4.56. The second kappa shape index (κ2) is 17.0. The number of amides is 5. The van der Waals surface area contributed by atoms with Crippen molar-refractivity contribution in [1.82, 2.24) is 25.0 Å². The molecule has 5 aliphatic heterocycles. The molecular formula is C41H47F3N8O7. The van der Waals surface area contributed by atoms with Gasteiger partial charge in [0.1, 0.15) is 18.3 Å². The van der Waals surface area contributed by atoms with Gasteiger partial charge in [-0.3, -0.25) is 24.6 Å². The molecule has 15 nitrogen and oxygen atoms in total. The van der Waals surface area contributed by atoms with Gasteiger partial charge < -0.3 is 39.1 Å². The fourth-order valence-electron chi connectivity index (χ4n) is 8.23. The number of ether oxygens (including phenoxy) is 3. The van der Waals surface area contributed by atoms with Crippen molar-refractivity contribution in [2.24, 2.45) is 0 Å². The highest BCUT2D eigenvalue weighted by Gasteiger charge is 2.44. The lowest BCUT2D eigenvalue weighted by molar-refractivity contribution is -0.233. The van der Waals surface area contributed by atoms with Crippen LogP contribution in [0.3, 0.4) is 0 Å². The lowest BCUT2D eigenvalue weighted by atomic mass is 10.0. The molecule has 6 heterocycles. The van der Waals surface area contributed by atoms with Crippen LogP contribution in [0.2, 0.25) is 0 Å². The molecule has 4 saturated heterocycles. The van der Waals surface area contributed by atoms with Gasteiger partial charge >= 0.3 is 12.2 Å². The van der Waals surface area contributed by atoms with E-state index in [0.717, 1.165) is 64.7 Å². The van der Waals surface area contributed by atoms with Crippen molar-refractivity contribution in [2.45, 2.75) is 44.6 Å². The Kier molecular flexibility index (Phi) is 11.6. The third kappa shape index (κ3) is 8.94. The largest absolute Gasteiger partial charge is 0.475 e. The van der Waals surface area contributed by atoms with Crippen LogP contribution in [0.15, 0.2) is 48.7 Å². The van der Waals surface area contributed by atoms with Gasteiger partial charge in [0.15, 0.2) is 6.10 Å². The normalized spacial score (nSPS) is 21.7. The summed E-state index contributed by atoms with van der Waals surface area (Å²) in [7, 11) is 0. The SMILES string of the molecule is Cc1ccc(NC(=O)N2CCOC(C(F)(F)F)C2)cc1-c1cnc(OCCN2CCN(c3ccc4c(c3)CN(C3CCC(=O)NC3=O)C4=O)CC2)c(N2CCOCC2)c1. The topological polar surface area (TPSA) is 149 Å². The summed E-state index contributed by atoms with van der Waals surface area (Å²) in [4.78, 5) is 64.5. The monoisotopic (exact) mass is 820 g/mol. The zero-order valence-corrected chi connectivity index (χ0v) is 32.8. The number of aromatic nitrogens is 1. The first kappa shape index (κ1) is 40.3. The molecule has 8 rings (SSSR count). The van der Waals surface area contributed by atoms with Crippen LogP contribution in [0.1, 0.15) is 34.3 Å². The highest BCUT2D eigenvalue weighted by Crippen LogP contribution is 2.35. The second-order valence-electron chi connectivity index (χ2n) is 15.4. The number of nitrogens with zero attached hydrogens (tertiary/aromatic N) is 6. The summed E-state index contributed by atoms with van der Waals surface area (Å²) in [6.45, 7) is 8.28. The minimum absolute atomic E-state index is 0.0525. The standard InChI is InChI=1S/C41H47F3N8O7/c1-26-2-3-29(46-40(56)51-15-19-58-35(25-51)41(42,43)44)22-32(26)27-21-34(50-13-16-57-17-14-50)38(45-23-27)59-18-12-48-8-10-49(11-9-48)30-4-5-31-28(20-30)24-52(39(31)55)33-6-7-36(53)47-37(33)54/h2-5,20-23,33,35H,6-19,24-25H2,1H3,(H,46,56)(H,47,53,54). The van der Waals surface area contributed by atoms with E-state index in [0.29, 0.717) is 69.6 Å². The zero-order chi connectivity index (χ0) is 41.3. The molecule has 4 fully saturated rings. The number of alkyl halides is 3. The van der Waals surface area contributed by atoms with Gasteiger partial charge in [-0.1, -0.05) is 6.07 Å². The van der Waals surface area contributed by atoms with Crippen molar-refractivity contribution in [1.29, 1.82) is 0 Å². The number of anilines is 3. The molecule has 5 aliphatic rings. The quantitative estimate of drug-likeness (QED) is 0.305. The van der Waals surface area contributed by atoms with E-state index in [1.165, 1.54) is 0 Å². The minimum Gasteiger partial charge on any atom is -0.475 e. The molecule has 18 heteroatoms. The molecule has 0 aliphatic carbocycles. The third-order valence-corrected chi connectivity index (χ3v) is 11.6. The molecule has 3 aromatic rings. The predicted molar refractivity (Wildman–Crippen MR) is 210 cm³/mol. The number of carbonyl (C=O) groups is 4. The van der Waals surface area contributed by atoms with Crippen molar-refractivity contribution in [3.63, 3.8) is 0 Å². The van der Waals surface area contributed by atoms with Crippen LogP contribution in [-0.2, 0) is 25.6 Å². The van der Waals surface area contributed by atoms with E-state index in [1.54, 1.807) is 23.2 Å². The third-order valence-electron chi connectivity index (χ3n) is 11.6. The maximum absolute atomic E-state index is 13.3. The number of piperazine rings is 1. The molecule has 0 saturated carbocycles. The van der Waals surface area contributed by atoms with Gasteiger partial charge in [0.25, 0.3) is 5.91 Å². The zero-order valence-electron chi connectivity index (χ0n) is 32.8. The number of urea groups is 1. The number of halogens is 3. The number of carbonyl (C=O) groups excluding carboxylic acids is 4. The fourth-order valence-corrected chi connectivity index (χ4v) is 8.23. The Bertz CT molecular complexity index is 2090. The van der Waals surface area contributed by atoms with E-state index < -0.39 is 36.8 Å². The number of morpholine rings is 2. The maximum Gasteiger partial charge on any atom is 0.416 e. The Balaban J connectivity index is 0.880. The van der Waals surface area contributed by atoms with E-state index in [9.17, 15) is 32.3 Å². The molecule has 2 unspecified atom stereocenters. The highest BCUT2D eigenvalue weighted by atomic mass is 19.4. The average molecular weight is 821 g/mol. The van der Waals surface area contributed by atoms with Gasteiger partial charge in [-0.2, -0.15) is 13.2 Å². The first-order chi connectivity index (χ1) is 28.4. The predicted octanol–water partition coefficient (Wildman–Crippen LogP) is 3.65. The van der Waals surface area contributed by atoms with Gasteiger partial charge in [0.05, 0.1) is 26.4 Å². The second-order valence-corrected chi connectivity index (χ2v) is 15.4. The Morgan fingerprint density at radius 1 is 0.949 bits per heavy atom. The number of nitrogens with one attached hydrogen (secondary N) is 2. The van der Waals surface area contributed by atoms with Crippen LogP contribution in [0.5, 0.6) is 5.88 Å². The number of aryl methyl sites for hydroxylation is 1. The highest BCUT2D eigenvalue weighted by molar-refractivity contribution is 6.05. The Morgan fingerprint density at radius 3 is 2.51 bits per heavy atom. The van der Waals surface area contributed by atoms with Gasteiger partial charge in [-0.15, -0.1) is 0 Å². The molecule has 5 amide bonds. The van der Waals surface area contributed by atoms with E-state index >= 15 is 0 Å². The molecular weight excluding hydrogens is 773 g/mol. The molecule has 0 radical (unpaired) electrons. The Hall–Kier alpha value is -5.46. The molecule has 0 spiro atoms. The average Bonchev–Trinajstić information content (AvgIpc) is 3.56. The van der Waals surface area contributed by atoms with Crippen molar-refractivity contribution in [2.75, 3.05) is 100 Å². The molecule has 314 valence electrons. The number of imide groups is 1. The number of fused-ring (bicyclic) bond motifs is 1. The summed E-state index contributed by atoms with van der Waals surface area (Å²) in [6, 6.07) is 11.9. The maximum atomic E-state index is 13.3. The molecule has 2 aromatic carbocycles. The Labute approximate surface area is 339 Å². The van der Waals surface area contributed by atoms with Crippen LogP contribution < -0.4 is 25.2 Å². The van der Waals surface area contributed by atoms with Crippen LogP contribution in [0.25, 0.3) is 11.1 Å². The van der Waals surface area contributed by atoms with Gasteiger partial charge in [-0.05, 0) is 66.4 Å². The molecule has 1 aromatic heterocycles. The lowest BCUT2D eigenvalue weighted by Crippen LogP contribution is -2.52. The molecule has 0 bridgehead atoms. The first-order valence-electron chi connectivity index (χ1n) is 20.0. The number of rotatable bonds is 9. The summed E-state index contributed by atoms with van der Waals surface area (Å²) >= 11 is 0. The first-order valence-corrected chi connectivity index (χ1v) is 20.0. The van der Waals surface area contributed by atoms with E-state index in [1.807, 2.05) is 37.3 Å². The number of hydrogen-bond acceptors (Lipinski definition) is 11. The summed E-state index contributed by atoms with van der Waals surface area (Å²) in [5, 5.41) is 5.11. The number of hydrogen-bond donors (Lipinski definition) is 2. The van der Waals surface area contributed by atoms with Gasteiger partial charge in [0.2, 0.25) is 17.7 Å². The smallest absolute Gasteiger partial charge is 0.416 e. The summed E-state index contributed by atoms with van der Waals surface area (Å²) < 4.78 is 56.6. The van der Waals surface area contributed by atoms with Crippen LogP contribution in [-0.4, -0.2) is 147 Å². The van der Waals surface area contributed by atoms with Crippen molar-refractivity contribution < 1.29 is 46.6 Å². The van der Waals surface area contributed by atoms with Gasteiger partial charge in [0, 0.05) is 94.0 Å². The number of piperidine rings is 1. The number of pyridine rings is 1. The van der Waals surface area contributed by atoms with Gasteiger partial charge in [-0.25, -0.2) is 9.78 Å². The van der Waals surface area contributed by atoms with E-state index in [2.05, 4.69) is 25.3 Å². The summed E-state index contributed by atoms with van der Waals surface area (Å²) in [5.41, 5.74) is 6.30. The van der Waals surface area contributed by atoms with E-state index in [4.69, 9.17) is 19.2 Å². The molecule has 59 heavy (non-hydrogen) atoms. The molecule has 2 atom stereocenters. The summed E-state index contributed by atoms with van der Waals surface area (Å²) in [6.07, 6.45) is -4.30. The van der Waals surface area contributed by atoms with Crippen molar-refractivity contribution >= 4 is 40.8 Å². The fraction of sp³-hybridized carbons (Fsp3) is 0.488. The lowest BCUT2D eigenvalue weighted by Gasteiger charge is -2.36. The Morgan fingerprint density at radius 2 is 1.75 bits per heavy atom. The van der Waals surface area contributed by atoms with Crippen LogP contribution in [0, 0.1) is 6.92 Å². The number of benzene rings is 2. The van der Waals surface area contributed by atoms with Crippen LogP contribution >= 0.6 is 0 Å². The van der Waals surface area contributed by atoms with Crippen molar-refractivity contribution in [3.05, 3.63) is 65.4 Å². The van der Waals surface area contributed by atoms with Crippen LogP contribution in [0.4, 0.5) is 35.0 Å². The summed E-state index contributed by atoms with van der Waals surface area (Å²) in [5.74, 6) is -0.410. The van der Waals surface area contributed by atoms with Crippen molar-refractivity contribution in [3.8, 4) is 17.0 Å². The molecule has 2 N–H and O–H groups in total.